The van der Waals surface area contributed by atoms with E-state index < -0.39 is 0 Å². The molecule has 0 aliphatic heterocycles. The molecule has 2 saturated carbocycles. The summed E-state index contributed by atoms with van der Waals surface area (Å²) in [6, 6.07) is 1.58. The lowest BCUT2D eigenvalue weighted by molar-refractivity contribution is 0.361. The molecule has 76 valence electrons. The first-order chi connectivity index (χ1) is 6.40. The van der Waals surface area contributed by atoms with Crippen LogP contribution < -0.4 is 10.6 Å². The molecule has 2 aliphatic rings. The molecule has 2 rings (SSSR count). The van der Waals surface area contributed by atoms with Gasteiger partial charge in [-0.15, -0.1) is 0 Å². The highest BCUT2D eigenvalue weighted by molar-refractivity contribution is 4.86. The molecule has 0 heterocycles. The van der Waals surface area contributed by atoms with Gasteiger partial charge in [0, 0.05) is 18.6 Å². The zero-order valence-corrected chi connectivity index (χ0v) is 8.68. The van der Waals surface area contributed by atoms with Gasteiger partial charge in [0.15, 0.2) is 0 Å². The Morgan fingerprint density at radius 1 is 1.15 bits per heavy atom. The summed E-state index contributed by atoms with van der Waals surface area (Å²) in [6.07, 6.45) is 8.59. The van der Waals surface area contributed by atoms with E-state index in [1.807, 2.05) is 0 Å². The number of hydrogen-bond acceptors (Lipinski definition) is 2. The average molecular weight is 182 g/mol. The monoisotopic (exact) mass is 182 g/mol. The first kappa shape index (κ1) is 9.47. The fourth-order valence-corrected chi connectivity index (χ4v) is 2.45. The van der Waals surface area contributed by atoms with Crippen molar-refractivity contribution in [3.05, 3.63) is 0 Å². The molecule has 2 N–H and O–H groups in total. The quantitative estimate of drug-likeness (QED) is 0.673. The standard InChI is InChI=1S/C11H22N2/c1-12-11(8-13-10-6-7-10)9-4-2-3-5-9/h9-13H,2-8H2,1H3. The minimum atomic E-state index is 0.725. The van der Waals surface area contributed by atoms with E-state index in [4.69, 9.17) is 0 Å². The van der Waals surface area contributed by atoms with E-state index in [0.29, 0.717) is 0 Å². The zero-order chi connectivity index (χ0) is 9.10. The van der Waals surface area contributed by atoms with Crippen molar-refractivity contribution >= 4 is 0 Å². The first-order valence-corrected chi connectivity index (χ1v) is 5.81. The minimum absolute atomic E-state index is 0.725. The Hall–Kier alpha value is -0.0800. The second kappa shape index (κ2) is 4.43. The molecule has 13 heavy (non-hydrogen) atoms. The van der Waals surface area contributed by atoms with Crippen LogP contribution in [0.1, 0.15) is 38.5 Å². The maximum Gasteiger partial charge on any atom is 0.0217 e. The Kier molecular flexibility index (Phi) is 3.23. The topological polar surface area (TPSA) is 24.1 Å². The van der Waals surface area contributed by atoms with Gasteiger partial charge in [-0.1, -0.05) is 12.8 Å². The second-order valence-corrected chi connectivity index (χ2v) is 4.62. The van der Waals surface area contributed by atoms with Gasteiger partial charge in [-0.3, -0.25) is 0 Å². The molecule has 1 atom stereocenters. The summed E-state index contributed by atoms with van der Waals surface area (Å²) in [7, 11) is 2.11. The third-order valence-corrected chi connectivity index (χ3v) is 3.54. The van der Waals surface area contributed by atoms with E-state index >= 15 is 0 Å². The van der Waals surface area contributed by atoms with Crippen LogP contribution in [0.5, 0.6) is 0 Å². The molecular weight excluding hydrogens is 160 g/mol. The smallest absolute Gasteiger partial charge is 0.0217 e. The molecule has 0 bridgehead atoms. The van der Waals surface area contributed by atoms with Crippen LogP contribution in [0.4, 0.5) is 0 Å². The minimum Gasteiger partial charge on any atom is -0.315 e. The Labute approximate surface area is 81.5 Å². The lowest BCUT2D eigenvalue weighted by Gasteiger charge is -2.23. The number of rotatable bonds is 5. The molecule has 0 saturated heterocycles. The first-order valence-electron chi connectivity index (χ1n) is 5.81. The average Bonchev–Trinajstić information content (AvgIpc) is 2.81. The summed E-state index contributed by atoms with van der Waals surface area (Å²) in [5.74, 6) is 0.941. The summed E-state index contributed by atoms with van der Waals surface area (Å²) in [4.78, 5) is 0. The fraction of sp³-hybridized carbons (Fsp3) is 1.00. The van der Waals surface area contributed by atoms with E-state index in [9.17, 15) is 0 Å². The van der Waals surface area contributed by atoms with Crippen LogP contribution in [-0.2, 0) is 0 Å². The van der Waals surface area contributed by atoms with Gasteiger partial charge in [-0.25, -0.2) is 0 Å². The molecule has 1 unspecified atom stereocenters. The molecule has 2 heteroatoms. The Balaban J connectivity index is 1.70. The predicted molar refractivity (Wildman–Crippen MR) is 55.8 cm³/mol. The Bertz CT molecular complexity index is 148. The van der Waals surface area contributed by atoms with Crippen molar-refractivity contribution in [1.82, 2.24) is 10.6 Å². The summed E-state index contributed by atoms with van der Waals surface area (Å²) in [5, 5.41) is 7.09. The van der Waals surface area contributed by atoms with Gasteiger partial charge in [-0.2, -0.15) is 0 Å². The summed E-state index contributed by atoms with van der Waals surface area (Å²) < 4.78 is 0. The molecule has 0 amide bonds. The van der Waals surface area contributed by atoms with Crippen LogP contribution in [0.3, 0.4) is 0 Å². The zero-order valence-electron chi connectivity index (χ0n) is 8.68. The third-order valence-electron chi connectivity index (χ3n) is 3.54. The normalized spacial score (nSPS) is 26.5. The largest absolute Gasteiger partial charge is 0.315 e. The van der Waals surface area contributed by atoms with Crippen LogP contribution >= 0.6 is 0 Å². The highest BCUT2D eigenvalue weighted by Gasteiger charge is 2.26. The Morgan fingerprint density at radius 3 is 2.38 bits per heavy atom. The number of likely N-dealkylation sites (N-methyl/N-ethyl adjacent to an activating group) is 1. The molecule has 0 spiro atoms. The molecule has 0 aromatic carbocycles. The molecule has 2 nitrogen and oxygen atoms in total. The van der Waals surface area contributed by atoms with Gasteiger partial charge in [0.2, 0.25) is 0 Å². The Morgan fingerprint density at radius 2 is 1.85 bits per heavy atom. The van der Waals surface area contributed by atoms with Crippen molar-refractivity contribution in [2.75, 3.05) is 13.6 Å². The van der Waals surface area contributed by atoms with Crippen molar-refractivity contribution in [3.63, 3.8) is 0 Å². The van der Waals surface area contributed by atoms with E-state index in [2.05, 4.69) is 17.7 Å². The van der Waals surface area contributed by atoms with Crippen LogP contribution in [0.25, 0.3) is 0 Å². The predicted octanol–water partition coefficient (Wildman–Crippen LogP) is 1.52. The van der Waals surface area contributed by atoms with Gasteiger partial charge < -0.3 is 10.6 Å². The maximum absolute atomic E-state index is 3.62. The van der Waals surface area contributed by atoms with Crippen LogP contribution in [0.2, 0.25) is 0 Å². The van der Waals surface area contributed by atoms with Gasteiger partial charge in [0.25, 0.3) is 0 Å². The van der Waals surface area contributed by atoms with Gasteiger partial charge >= 0.3 is 0 Å². The summed E-state index contributed by atoms with van der Waals surface area (Å²) >= 11 is 0. The molecule has 0 radical (unpaired) electrons. The highest BCUT2D eigenvalue weighted by atomic mass is 15.0. The third kappa shape index (κ3) is 2.68. The van der Waals surface area contributed by atoms with Crippen molar-refractivity contribution in [2.45, 2.75) is 50.6 Å². The van der Waals surface area contributed by atoms with Gasteiger partial charge in [-0.05, 0) is 38.6 Å². The SMILES string of the molecule is CNC(CNC1CC1)C1CCCC1. The molecule has 2 fully saturated rings. The van der Waals surface area contributed by atoms with Crippen molar-refractivity contribution in [1.29, 1.82) is 0 Å². The molecule has 2 aliphatic carbocycles. The van der Waals surface area contributed by atoms with E-state index in [1.165, 1.54) is 45.1 Å². The fourth-order valence-electron chi connectivity index (χ4n) is 2.45. The lowest BCUT2D eigenvalue weighted by Crippen LogP contribution is -2.42. The number of hydrogen-bond donors (Lipinski definition) is 2. The van der Waals surface area contributed by atoms with E-state index in [0.717, 1.165) is 18.0 Å². The maximum atomic E-state index is 3.62. The second-order valence-electron chi connectivity index (χ2n) is 4.62. The van der Waals surface area contributed by atoms with E-state index in [-0.39, 0.29) is 0 Å². The van der Waals surface area contributed by atoms with Gasteiger partial charge in [0.05, 0.1) is 0 Å². The van der Waals surface area contributed by atoms with Crippen molar-refractivity contribution < 1.29 is 0 Å². The van der Waals surface area contributed by atoms with Crippen molar-refractivity contribution in [2.24, 2.45) is 5.92 Å². The molecule has 0 aromatic heterocycles. The summed E-state index contributed by atoms with van der Waals surface area (Å²) in [6.45, 7) is 1.19. The van der Waals surface area contributed by atoms with E-state index in [1.54, 1.807) is 0 Å². The van der Waals surface area contributed by atoms with Crippen LogP contribution in [0.15, 0.2) is 0 Å². The lowest BCUT2D eigenvalue weighted by atomic mass is 9.98. The molecular formula is C11H22N2. The molecule has 0 aromatic rings. The highest BCUT2D eigenvalue weighted by Crippen LogP contribution is 2.28. The van der Waals surface area contributed by atoms with Crippen molar-refractivity contribution in [3.8, 4) is 0 Å². The van der Waals surface area contributed by atoms with Crippen LogP contribution in [0, 0.1) is 5.92 Å². The van der Waals surface area contributed by atoms with Crippen LogP contribution in [-0.4, -0.2) is 25.7 Å². The van der Waals surface area contributed by atoms with Gasteiger partial charge in [0.1, 0.15) is 0 Å². The number of nitrogens with one attached hydrogen (secondary N) is 2. The summed E-state index contributed by atoms with van der Waals surface area (Å²) in [5.41, 5.74) is 0.